The van der Waals surface area contributed by atoms with E-state index in [4.69, 9.17) is 9.47 Å². The van der Waals surface area contributed by atoms with Crippen molar-refractivity contribution in [3.8, 4) is 11.5 Å². The summed E-state index contributed by atoms with van der Waals surface area (Å²) >= 11 is 0. The fourth-order valence-corrected chi connectivity index (χ4v) is 5.18. The number of sulfonamides is 1. The molecule has 4 rings (SSSR count). The van der Waals surface area contributed by atoms with E-state index in [0.717, 1.165) is 40.4 Å². The lowest BCUT2D eigenvalue weighted by Crippen LogP contribution is -2.40. The SMILES string of the molecule is Cc1ccc(S(=O)(=O)N(C)CC(=O)N2CCC[C@@H]2c2ccc3c(c2)OCCCO3)cc1. The molecule has 7 nitrogen and oxygen atoms in total. The fraction of sp³-hybridized carbons (Fsp3) is 0.435. The zero-order valence-corrected chi connectivity index (χ0v) is 18.7. The van der Waals surface area contributed by atoms with Gasteiger partial charge in [-0.25, -0.2) is 8.42 Å². The molecule has 2 aliphatic heterocycles. The molecule has 0 bridgehead atoms. The summed E-state index contributed by atoms with van der Waals surface area (Å²) in [5.74, 6) is 1.22. The second-order valence-corrected chi connectivity index (χ2v) is 10.1. The largest absolute Gasteiger partial charge is 0.490 e. The van der Waals surface area contributed by atoms with E-state index in [1.54, 1.807) is 29.2 Å². The summed E-state index contributed by atoms with van der Waals surface area (Å²) in [6.45, 7) is 3.54. The van der Waals surface area contributed by atoms with Crippen LogP contribution in [-0.2, 0) is 14.8 Å². The highest BCUT2D eigenvalue weighted by atomic mass is 32.2. The lowest BCUT2D eigenvalue weighted by molar-refractivity contribution is -0.132. The number of nitrogens with zero attached hydrogens (tertiary/aromatic N) is 2. The Morgan fingerprint density at radius 2 is 1.77 bits per heavy atom. The summed E-state index contributed by atoms with van der Waals surface area (Å²) in [6.07, 6.45) is 2.54. The van der Waals surface area contributed by atoms with Gasteiger partial charge >= 0.3 is 0 Å². The van der Waals surface area contributed by atoms with Gasteiger partial charge in [-0.1, -0.05) is 23.8 Å². The monoisotopic (exact) mass is 444 g/mol. The van der Waals surface area contributed by atoms with E-state index < -0.39 is 10.0 Å². The highest BCUT2D eigenvalue weighted by Crippen LogP contribution is 2.38. The molecule has 166 valence electrons. The molecule has 8 heteroatoms. The topological polar surface area (TPSA) is 76.2 Å². The second-order valence-electron chi connectivity index (χ2n) is 8.08. The van der Waals surface area contributed by atoms with Crippen LogP contribution in [-0.4, -0.2) is 56.9 Å². The minimum Gasteiger partial charge on any atom is -0.490 e. The quantitative estimate of drug-likeness (QED) is 0.708. The first kappa shape index (κ1) is 21.6. The van der Waals surface area contributed by atoms with E-state index in [0.29, 0.717) is 25.5 Å². The Morgan fingerprint density at radius 3 is 2.52 bits per heavy atom. The molecule has 0 spiro atoms. The molecule has 0 radical (unpaired) electrons. The third-order valence-electron chi connectivity index (χ3n) is 5.82. The number of rotatable bonds is 5. The zero-order chi connectivity index (χ0) is 22.0. The molecule has 2 aromatic carbocycles. The molecule has 2 heterocycles. The van der Waals surface area contributed by atoms with Crippen molar-refractivity contribution in [2.45, 2.75) is 37.1 Å². The second kappa shape index (κ2) is 8.88. The average Bonchev–Trinajstić information content (AvgIpc) is 3.13. The van der Waals surface area contributed by atoms with Gasteiger partial charge in [0.1, 0.15) is 0 Å². The van der Waals surface area contributed by atoms with E-state index in [9.17, 15) is 13.2 Å². The fourth-order valence-electron chi connectivity index (χ4n) is 4.06. The van der Waals surface area contributed by atoms with Gasteiger partial charge in [0.05, 0.1) is 30.7 Å². The summed E-state index contributed by atoms with van der Waals surface area (Å²) in [6, 6.07) is 12.4. The lowest BCUT2D eigenvalue weighted by Gasteiger charge is -2.27. The Labute approximate surface area is 183 Å². The maximum atomic E-state index is 13.1. The number of hydrogen-bond acceptors (Lipinski definition) is 5. The summed E-state index contributed by atoms with van der Waals surface area (Å²) < 4.78 is 38.4. The number of benzene rings is 2. The summed E-state index contributed by atoms with van der Waals surface area (Å²) in [4.78, 5) is 15.0. The number of amides is 1. The Morgan fingerprint density at radius 1 is 1.06 bits per heavy atom. The van der Waals surface area contributed by atoms with Crippen molar-refractivity contribution in [1.29, 1.82) is 0 Å². The van der Waals surface area contributed by atoms with Crippen molar-refractivity contribution < 1.29 is 22.7 Å². The Kier molecular flexibility index (Phi) is 6.20. The molecule has 0 aliphatic carbocycles. The Bertz CT molecular complexity index is 1050. The predicted molar refractivity (Wildman–Crippen MR) is 117 cm³/mol. The summed E-state index contributed by atoms with van der Waals surface area (Å²) in [7, 11) is -2.28. The lowest BCUT2D eigenvalue weighted by atomic mass is 10.0. The van der Waals surface area contributed by atoms with Gasteiger partial charge in [0, 0.05) is 20.0 Å². The van der Waals surface area contributed by atoms with Gasteiger partial charge in [0.25, 0.3) is 0 Å². The van der Waals surface area contributed by atoms with Gasteiger partial charge in [-0.2, -0.15) is 4.31 Å². The molecule has 1 fully saturated rings. The number of fused-ring (bicyclic) bond motifs is 1. The van der Waals surface area contributed by atoms with Gasteiger partial charge in [0.15, 0.2) is 11.5 Å². The van der Waals surface area contributed by atoms with Crippen LogP contribution in [0.1, 0.15) is 36.4 Å². The third-order valence-corrected chi connectivity index (χ3v) is 7.63. The zero-order valence-electron chi connectivity index (χ0n) is 17.9. The highest BCUT2D eigenvalue weighted by molar-refractivity contribution is 7.89. The first-order valence-corrected chi connectivity index (χ1v) is 12.0. The van der Waals surface area contributed by atoms with Crippen LogP contribution in [0, 0.1) is 6.92 Å². The third kappa shape index (κ3) is 4.55. The molecular formula is C23H28N2O5S. The normalized spacial score (nSPS) is 18.8. The smallest absolute Gasteiger partial charge is 0.243 e. The van der Waals surface area contributed by atoms with Gasteiger partial charge in [-0.15, -0.1) is 0 Å². The van der Waals surface area contributed by atoms with Crippen molar-refractivity contribution >= 4 is 15.9 Å². The number of ether oxygens (including phenoxy) is 2. The van der Waals surface area contributed by atoms with Gasteiger partial charge in [-0.3, -0.25) is 4.79 Å². The van der Waals surface area contributed by atoms with Crippen LogP contribution in [0.5, 0.6) is 11.5 Å². The Balaban J connectivity index is 1.49. The molecule has 1 amide bonds. The minimum absolute atomic E-state index is 0.0971. The highest BCUT2D eigenvalue weighted by Gasteiger charge is 2.33. The number of likely N-dealkylation sites (N-methyl/N-ethyl adjacent to an activating group) is 1. The minimum atomic E-state index is -3.73. The summed E-state index contributed by atoms with van der Waals surface area (Å²) in [5.41, 5.74) is 1.96. The van der Waals surface area contributed by atoms with Crippen LogP contribution >= 0.6 is 0 Å². The molecule has 1 saturated heterocycles. The van der Waals surface area contributed by atoms with Crippen molar-refractivity contribution in [2.75, 3.05) is 33.4 Å². The molecule has 31 heavy (non-hydrogen) atoms. The standard InChI is InChI=1S/C23H28N2O5S/c1-17-6-9-19(10-7-17)31(27,28)24(2)16-23(26)25-12-3-5-20(25)18-8-11-21-22(15-18)30-14-4-13-29-21/h6-11,15,20H,3-5,12-14,16H2,1-2H3/t20-/m1/s1. The van der Waals surface area contributed by atoms with Crippen molar-refractivity contribution in [1.82, 2.24) is 9.21 Å². The first-order chi connectivity index (χ1) is 14.9. The van der Waals surface area contributed by atoms with Gasteiger partial charge < -0.3 is 14.4 Å². The molecule has 2 aromatic rings. The van der Waals surface area contributed by atoms with Crippen LogP contribution in [0.25, 0.3) is 0 Å². The van der Waals surface area contributed by atoms with Crippen LogP contribution in [0.2, 0.25) is 0 Å². The van der Waals surface area contributed by atoms with E-state index in [1.165, 1.54) is 7.05 Å². The van der Waals surface area contributed by atoms with Crippen LogP contribution in [0.15, 0.2) is 47.4 Å². The van der Waals surface area contributed by atoms with Crippen LogP contribution in [0.3, 0.4) is 0 Å². The van der Waals surface area contributed by atoms with Crippen LogP contribution < -0.4 is 9.47 Å². The molecular weight excluding hydrogens is 416 g/mol. The molecule has 2 aliphatic rings. The van der Waals surface area contributed by atoms with Crippen molar-refractivity contribution in [3.05, 3.63) is 53.6 Å². The van der Waals surface area contributed by atoms with Crippen molar-refractivity contribution in [2.24, 2.45) is 0 Å². The Hall–Kier alpha value is -2.58. The number of likely N-dealkylation sites (tertiary alicyclic amines) is 1. The van der Waals surface area contributed by atoms with E-state index >= 15 is 0 Å². The predicted octanol–water partition coefficient (Wildman–Crippen LogP) is 3.14. The van der Waals surface area contributed by atoms with E-state index in [2.05, 4.69) is 0 Å². The van der Waals surface area contributed by atoms with E-state index in [-0.39, 0.29) is 23.4 Å². The van der Waals surface area contributed by atoms with Crippen LogP contribution in [0.4, 0.5) is 0 Å². The number of aryl methyl sites for hydroxylation is 1. The molecule has 0 unspecified atom stereocenters. The van der Waals surface area contributed by atoms with Gasteiger partial charge in [0.2, 0.25) is 15.9 Å². The van der Waals surface area contributed by atoms with E-state index in [1.807, 2.05) is 25.1 Å². The molecule has 1 atom stereocenters. The first-order valence-electron chi connectivity index (χ1n) is 10.6. The number of hydrogen-bond donors (Lipinski definition) is 0. The summed E-state index contributed by atoms with van der Waals surface area (Å²) in [5, 5.41) is 0. The molecule has 0 aromatic heterocycles. The number of carbonyl (C=O) groups excluding carboxylic acids is 1. The van der Waals surface area contributed by atoms with Gasteiger partial charge in [-0.05, 0) is 49.6 Å². The molecule has 0 N–H and O–H groups in total. The van der Waals surface area contributed by atoms with Crippen molar-refractivity contribution in [3.63, 3.8) is 0 Å². The maximum Gasteiger partial charge on any atom is 0.243 e. The maximum absolute atomic E-state index is 13.1. The molecule has 0 saturated carbocycles. The number of carbonyl (C=O) groups is 1. The average molecular weight is 445 g/mol.